The number of anilines is 1. The number of carbonyl (C=O) groups excluding carboxylic acids is 3. The molecule has 7 heteroatoms. The van der Waals surface area contributed by atoms with E-state index in [2.05, 4.69) is 5.32 Å². The number of esters is 1. The fourth-order valence-corrected chi connectivity index (χ4v) is 4.28. The molecule has 2 heterocycles. The predicted molar refractivity (Wildman–Crippen MR) is 110 cm³/mol. The smallest absolute Gasteiger partial charge is 0.321 e. The Hall–Kier alpha value is -2.57. The Morgan fingerprint density at radius 3 is 2.24 bits per heavy atom. The first kappa shape index (κ1) is 21.1. The Morgan fingerprint density at radius 1 is 1.00 bits per heavy atom. The van der Waals surface area contributed by atoms with Gasteiger partial charge in [0.25, 0.3) is 5.91 Å². The van der Waals surface area contributed by atoms with Gasteiger partial charge in [-0.3, -0.25) is 9.59 Å². The van der Waals surface area contributed by atoms with Gasteiger partial charge in [0.15, 0.2) is 6.61 Å². The lowest BCUT2D eigenvalue weighted by molar-refractivity contribution is -0.158. The Balaban J connectivity index is 1.41. The molecule has 7 nitrogen and oxygen atoms in total. The molecule has 1 N–H and O–H groups in total. The highest BCUT2D eigenvalue weighted by Crippen LogP contribution is 2.23. The van der Waals surface area contributed by atoms with Gasteiger partial charge in [0.05, 0.1) is 5.92 Å². The minimum Gasteiger partial charge on any atom is -0.455 e. The van der Waals surface area contributed by atoms with Crippen molar-refractivity contribution < 1.29 is 19.1 Å². The van der Waals surface area contributed by atoms with Gasteiger partial charge in [-0.25, -0.2) is 4.79 Å². The van der Waals surface area contributed by atoms with E-state index in [0.29, 0.717) is 25.9 Å². The molecule has 0 bridgehead atoms. The van der Waals surface area contributed by atoms with Crippen LogP contribution in [0, 0.1) is 5.92 Å². The molecule has 0 unspecified atom stereocenters. The van der Waals surface area contributed by atoms with Crippen LogP contribution < -0.4 is 5.32 Å². The van der Waals surface area contributed by atoms with Gasteiger partial charge in [-0.15, -0.1) is 0 Å². The lowest BCUT2D eigenvalue weighted by Crippen LogP contribution is -2.49. The van der Waals surface area contributed by atoms with Crippen LogP contribution in [-0.2, 0) is 14.3 Å². The first-order valence-electron chi connectivity index (χ1n) is 10.5. The van der Waals surface area contributed by atoms with Crippen molar-refractivity contribution in [1.29, 1.82) is 0 Å². The van der Waals surface area contributed by atoms with Gasteiger partial charge in [-0.2, -0.15) is 0 Å². The van der Waals surface area contributed by atoms with Crippen LogP contribution in [0.25, 0.3) is 0 Å². The van der Waals surface area contributed by atoms with Crippen LogP contribution in [0.5, 0.6) is 0 Å². The molecular formula is C22H31N3O4. The van der Waals surface area contributed by atoms with E-state index < -0.39 is 0 Å². The normalized spacial score (nSPS) is 22.8. The first-order chi connectivity index (χ1) is 14.0. The first-order valence-corrected chi connectivity index (χ1v) is 10.5. The molecular weight excluding hydrogens is 370 g/mol. The van der Waals surface area contributed by atoms with Gasteiger partial charge in [0.1, 0.15) is 0 Å². The molecule has 0 aliphatic carbocycles. The highest BCUT2D eigenvalue weighted by atomic mass is 16.5. The van der Waals surface area contributed by atoms with Gasteiger partial charge in [0.2, 0.25) is 0 Å². The molecule has 0 aromatic heterocycles. The zero-order valence-electron chi connectivity index (χ0n) is 17.3. The number of benzene rings is 1. The van der Waals surface area contributed by atoms with Crippen molar-refractivity contribution in [2.24, 2.45) is 5.92 Å². The molecule has 2 saturated heterocycles. The lowest BCUT2D eigenvalue weighted by atomic mass is 9.97. The number of nitrogens with zero attached hydrogens (tertiary/aromatic N) is 2. The number of amides is 3. The SMILES string of the molecule is C[C@@H]1CCC[C@@H](C)N1C(=O)COC(=O)C1CCN(C(=O)Nc2ccccc2)CC1. The summed E-state index contributed by atoms with van der Waals surface area (Å²) in [5.74, 6) is -0.712. The molecule has 2 aliphatic rings. The molecule has 3 rings (SSSR count). The summed E-state index contributed by atoms with van der Waals surface area (Å²) in [7, 11) is 0. The minimum absolute atomic E-state index is 0.113. The summed E-state index contributed by atoms with van der Waals surface area (Å²) in [6.07, 6.45) is 4.21. The van der Waals surface area contributed by atoms with Gasteiger partial charge < -0.3 is 19.9 Å². The number of hydrogen-bond acceptors (Lipinski definition) is 4. The average Bonchev–Trinajstić information content (AvgIpc) is 2.72. The molecule has 2 fully saturated rings. The number of ether oxygens (including phenoxy) is 1. The van der Waals surface area contributed by atoms with E-state index in [1.807, 2.05) is 49.1 Å². The van der Waals surface area contributed by atoms with E-state index in [1.165, 1.54) is 0 Å². The third kappa shape index (κ3) is 5.49. The molecule has 0 saturated carbocycles. The zero-order valence-corrected chi connectivity index (χ0v) is 17.3. The number of para-hydroxylation sites is 1. The van der Waals surface area contributed by atoms with E-state index in [1.54, 1.807) is 4.90 Å². The Morgan fingerprint density at radius 2 is 1.62 bits per heavy atom. The summed E-state index contributed by atoms with van der Waals surface area (Å²) in [6.45, 7) is 4.89. The third-order valence-corrected chi connectivity index (χ3v) is 5.96. The summed E-state index contributed by atoms with van der Waals surface area (Å²) >= 11 is 0. The van der Waals surface area contributed by atoms with E-state index in [0.717, 1.165) is 24.9 Å². The number of rotatable bonds is 4. The highest BCUT2D eigenvalue weighted by Gasteiger charge is 2.32. The Kier molecular flexibility index (Phi) is 7.12. The summed E-state index contributed by atoms with van der Waals surface area (Å²) in [5.41, 5.74) is 0.749. The van der Waals surface area contributed by atoms with Gasteiger partial charge in [0, 0.05) is 30.9 Å². The van der Waals surface area contributed by atoms with Crippen LogP contribution >= 0.6 is 0 Å². The zero-order chi connectivity index (χ0) is 20.8. The third-order valence-electron chi connectivity index (χ3n) is 5.96. The number of piperidine rings is 2. The second kappa shape index (κ2) is 9.76. The van der Waals surface area contributed by atoms with Crippen LogP contribution in [0.1, 0.15) is 46.0 Å². The average molecular weight is 402 g/mol. The van der Waals surface area contributed by atoms with E-state index in [4.69, 9.17) is 4.74 Å². The van der Waals surface area contributed by atoms with Crippen molar-refractivity contribution in [3.05, 3.63) is 30.3 Å². The molecule has 158 valence electrons. The number of likely N-dealkylation sites (tertiary alicyclic amines) is 2. The fraction of sp³-hybridized carbons (Fsp3) is 0.591. The number of carbonyl (C=O) groups is 3. The standard InChI is InChI=1S/C22H31N3O4/c1-16-7-6-8-17(2)25(16)20(26)15-29-21(27)18-11-13-24(14-12-18)22(28)23-19-9-4-3-5-10-19/h3-5,9-10,16-18H,6-8,11-15H2,1-2H3,(H,23,28)/t16-,17-/m1/s1. The van der Waals surface area contributed by atoms with Gasteiger partial charge in [-0.05, 0) is 58.1 Å². The number of hydrogen-bond donors (Lipinski definition) is 1. The van der Waals surface area contributed by atoms with Gasteiger partial charge >= 0.3 is 12.0 Å². The number of nitrogens with one attached hydrogen (secondary N) is 1. The fourth-order valence-electron chi connectivity index (χ4n) is 4.28. The molecule has 3 amide bonds. The van der Waals surface area contributed by atoms with Crippen molar-refractivity contribution in [2.75, 3.05) is 25.0 Å². The lowest BCUT2D eigenvalue weighted by Gasteiger charge is -2.39. The summed E-state index contributed by atoms with van der Waals surface area (Å²) < 4.78 is 5.34. The van der Waals surface area contributed by atoms with Crippen molar-refractivity contribution in [2.45, 2.75) is 58.0 Å². The Labute approximate surface area is 172 Å². The van der Waals surface area contributed by atoms with Crippen molar-refractivity contribution in [3.63, 3.8) is 0 Å². The molecule has 1 aromatic rings. The second-order valence-corrected chi connectivity index (χ2v) is 8.10. The maximum atomic E-state index is 12.5. The maximum absolute atomic E-state index is 12.5. The predicted octanol–water partition coefficient (Wildman–Crippen LogP) is 3.26. The number of urea groups is 1. The molecule has 2 aliphatic heterocycles. The van der Waals surface area contributed by atoms with Crippen LogP contribution in [-0.4, -0.2) is 59.5 Å². The monoisotopic (exact) mass is 401 g/mol. The molecule has 0 spiro atoms. The molecule has 2 atom stereocenters. The highest BCUT2D eigenvalue weighted by molar-refractivity contribution is 5.89. The quantitative estimate of drug-likeness (QED) is 0.786. The van der Waals surface area contributed by atoms with Crippen LogP contribution in [0.3, 0.4) is 0 Å². The van der Waals surface area contributed by atoms with Crippen LogP contribution in [0.4, 0.5) is 10.5 Å². The van der Waals surface area contributed by atoms with E-state index in [-0.39, 0.29) is 42.5 Å². The van der Waals surface area contributed by atoms with Crippen LogP contribution in [0.15, 0.2) is 30.3 Å². The van der Waals surface area contributed by atoms with Crippen molar-refractivity contribution in [3.8, 4) is 0 Å². The molecule has 0 radical (unpaired) electrons. The van der Waals surface area contributed by atoms with Crippen molar-refractivity contribution in [1.82, 2.24) is 9.80 Å². The molecule has 29 heavy (non-hydrogen) atoms. The molecule has 1 aromatic carbocycles. The van der Waals surface area contributed by atoms with E-state index in [9.17, 15) is 14.4 Å². The topological polar surface area (TPSA) is 79.0 Å². The Bertz CT molecular complexity index is 706. The summed E-state index contributed by atoms with van der Waals surface area (Å²) in [6, 6.07) is 9.52. The minimum atomic E-state index is -0.334. The summed E-state index contributed by atoms with van der Waals surface area (Å²) in [5, 5.41) is 2.86. The van der Waals surface area contributed by atoms with E-state index >= 15 is 0 Å². The maximum Gasteiger partial charge on any atom is 0.321 e. The van der Waals surface area contributed by atoms with Crippen molar-refractivity contribution >= 4 is 23.6 Å². The summed E-state index contributed by atoms with van der Waals surface area (Å²) in [4.78, 5) is 40.8. The largest absolute Gasteiger partial charge is 0.455 e. The van der Waals surface area contributed by atoms with Gasteiger partial charge in [-0.1, -0.05) is 18.2 Å². The second-order valence-electron chi connectivity index (χ2n) is 8.10. The van der Waals surface area contributed by atoms with Crippen LogP contribution in [0.2, 0.25) is 0 Å².